The molecule has 0 atom stereocenters. The topological polar surface area (TPSA) is 30.7 Å². The first-order valence-electron chi connectivity index (χ1n) is 20.2. The quantitative estimate of drug-likeness (QED) is 0.130. The summed E-state index contributed by atoms with van der Waals surface area (Å²) in [5.41, 5.74) is 10.1. The van der Waals surface area contributed by atoms with Crippen LogP contribution in [-0.4, -0.2) is 14.5 Å². The largest absolute Gasteiger partial charge is 0.294 e. The molecule has 2 heterocycles. The normalized spacial score (nSPS) is 11.7. The van der Waals surface area contributed by atoms with E-state index in [0.29, 0.717) is 5.82 Å². The van der Waals surface area contributed by atoms with Gasteiger partial charge in [-0.15, -0.1) is 0 Å². The van der Waals surface area contributed by atoms with E-state index in [1.54, 1.807) is 0 Å². The predicted molar refractivity (Wildman–Crippen MR) is 248 cm³/mol. The van der Waals surface area contributed by atoms with E-state index >= 15 is 0 Å². The third-order valence-electron chi connectivity index (χ3n) is 12.0. The van der Waals surface area contributed by atoms with Crippen LogP contribution in [0.15, 0.2) is 212 Å². The molecule has 0 aliphatic carbocycles. The lowest BCUT2D eigenvalue weighted by Crippen LogP contribution is -2.02. The first-order valence-corrected chi connectivity index (χ1v) is 20.2. The molecule has 0 aliphatic rings. The van der Waals surface area contributed by atoms with Crippen molar-refractivity contribution in [3.05, 3.63) is 212 Å². The Balaban J connectivity index is 1.06. The molecule has 3 heteroatoms. The standard InChI is InChI=1S/C56H35N3/c1-3-16-37(17-4-1)53-46-23-9-10-24-47(46)54(55-43-20-8-7-15-36(43)31-32-48(53)55)42-30-28-39-33-41(29-27-40(39)34-42)49-35-52(58-56(57-49)38-18-5-2-6-19-38)59-50-25-13-11-21-44(50)45-22-12-14-26-51(45)59/h1-35H. The van der Waals surface area contributed by atoms with E-state index in [-0.39, 0.29) is 0 Å². The van der Waals surface area contributed by atoms with Crippen molar-refractivity contribution in [2.45, 2.75) is 0 Å². The van der Waals surface area contributed by atoms with Gasteiger partial charge in [0.25, 0.3) is 0 Å². The number of para-hydroxylation sites is 2. The minimum absolute atomic E-state index is 0.695. The molecule has 0 saturated carbocycles. The molecule has 0 radical (unpaired) electrons. The van der Waals surface area contributed by atoms with Crippen LogP contribution in [0.1, 0.15) is 0 Å². The van der Waals surface area contributed by atoms with Gasteiger partial charge < -0.3 is 0 Å². The van der Waals surface area contributed by atoms with Gasteiger partial charge in [-0.3, -0.25) is 4.57 Å². The predicted octanol–water partition coefficient (Wildman–Crippen LogP) is 14.9. The average molecular weight is 750 g/mol. The zero-order valence-electron chi connectivity index (χ0n) is 32.0. The molecule has 2 aromatic heterocycles. The molecular formula is C56H35N3. The van der Waals surface area contributed by atoms with E-state index in [1.807, 2.05) is 18.2 Å². The van der Waals surface area contributed by atoms with Gasteiger partial charge in [0.2, 0.25) is 0 Å². The van der Waals surface area contributed by atoms with Crippen LogP contribution in [0.4, 0.5) is 0 Å². The Morgan fingerprint density at radius 2 is 0.831 bits per heavy atom. The minimum atomic E-state index is 0.695. The number of rotatable bonds is 5. The molecule has 0 amide bonds. The summed E-state index contributed by atoms with van der Waals surface area (Å²) in [6.45, 7) is 0. The maximum Gasteiger partial charge on any atom is 0.162 e. The molecule has 0 unspecified atom stereocenters. The molecule has 0 saturated heterocycles. The summed E-state index contributed by atoms with van der Waals surface area (Å²) in [5, 5.41) is 12.3. The average Bonchev–Trinajstić information content (AvgIpc) is 3.65. The summed E-state index contributed by atoms with van der Waals surface area (Å²) in [6, 6.07) is 76.4. The van der Waals surface area contributed by atoms with E-state index in [1.165, 1.54) is 70.7 Å². The Morgan fingerprint density at radius 1 is 0.305 bits per heavy atom. The first-order chi connectivity index (χ1) is 29.3. The first kappa shape index (κ1) is 33.3. The fraction of sp³-hybridized carbons (Fsp3) is 0. The van der Waals surface area contributed by atoms with Crippen molar-refractivity contribution in [2.75, 3.05) is 0 Å². The number of hydrogen-bond donors (Lipinski definition) is 0. The van der Waals surface area contributed by atoms with Gasteiger partial charge in [0.05, 0.1) is 16.7 Å². The van der Waals surface area contributed by atoms with E-state index in [2.05, 4.69) is 199 Å². The second-order valence-electron chi connectivity index (χ2n) is 15.3. The van der Waals surface area contributed by atoms with Crippen LogP contribution in [0.2, 0.25) is 0 Å². The summed E-state index contributed by atoms with van der Waals surface area (Å²) in [7, 11) is 0. The lowest BCUT2D eigenvalue weighted by Gasteiger charge is -2.19. The fourth-order valence-electron chi connectivity index (χ4n) is 9.31. The Morgan fingerprint density at radius 3 is 1.53 bits per heavy atom. The maximum atomic E-state index is 5.23. The van der Waals surface area contributed by atoms with Crippen molar-refractivity contribution in [3.8, 4) is 50.7 Å². The molecule has 274 valence electrons. The highest BCUT2D eigenvalue weighted by atomic mass is 15.1. The third-order valence-corrected chi connectivity index (χ3v) is 12.0. The van der Waals surface area contributed by atoms with Crippen molar-refractivity contribution in [3.63, 3.8) is 0 Å². The number of nitrogens with zero attached hydrogens (tertiary/aromatic N) is 3. The summed E-state index contributed by atoms with van der Waals surface area (Å²) in [5.74, 6) is 1.53. The monoisotopic (exact) mass is 749 g/mol. The lowest BCUT2D eigenvalue weighted by atomic mass is 9.83. The molecule has 0 aliphatic heterocycles. The smallest absolute Gasteiger partial charge is 0.162 e. The molecular weight excluding hydrogens is 715 g/mol. The van der Waals surface area contributed by atoms with E-state index in [9.17, 15) is 0 Å². The van der Waals surface area contributed by atoms with Crippen molar-refractivity contribution in [2.24, 2.45) is 0 Å². The van der Waals surface area contributed by atoms with Crippen molar-refractivity contribution in [1.82, 2.24) is 14.5 Å². The zero-order chi connectivity index (χ0) is 38.9. The molecule has 3 nitrogen and oxygen atoms in total. The zero-order valence-corrected chi connectivity index (χ0v) is 32.0. The van der Waals surface area contributed by atoms with E-state index in [0.717, 1.165) is 39.1 Å². The van der Waals surface area contributed by atoms with E-state index in [4.69, 9.17) is 9.97 Å². The van der Waals surface area contributed by atoms with Gasteiger partial charge in [-0.25, -0.2) is 9.97 Å². The maximum absolute atomic E-state index is 5.23. The number of hydrogen-bond acceptors (Lipinski definition) is 2. The summed E-state index contributed by atoms with van der Waals surface area (Å²) < 4.78 is 2.27. The Kier molecular flexibility index (Phi) is 7.54. The number of aromatic nitrogens is 3. The van der Waals surface area contributed by atoms with Gasteiger partial charge in [-0.2, -0.15) is 0 Å². The van der Waals surface area contributed by atoms with Crippen LogP contribution >= 0.6 is 0 Å². The molecule has 10 aromatic carbocycles. The van der Waals surface area contributed by atoms with Crippen molar-refractivity contribution in [1.29, 1.82) is 0 Å². The molecule has 0 spiro atoms. The highest BCUT2D eigenvalue weighted by molar-refractivity contribution is 6.28. The van der Waals surface area contributed by atoms with Gasteiger partial charge in [-0.1, -0.05) is 182 Å². The van der Waals surface area contributed by atoms with Crippen LogP contribution < -0.4 is 0 Å². The molecule has 12 rings (SSSR count). The molecule has 0 bridgehead atoms. The van der Waals surface area contributed by atoms with Crippen LogP contribution in [-0.2, 0) is 0 Å². The summed E-state index contributed by atoms with van der Waals surface area (Å²) in [4.78, 5) is 10.4. The SMILES string of the molecule is c1ccc(-c2nc(-c3ccc4cc(-c5c6ccccc6c(-c6ccccc6)c6ccc7ccccc7c56)ccc4c3)cc(-n3c4ccccc4c4ccccc43)n2)cc1. The third kappa shape index (κ3) is 5.36. The molecule has 0 N–H and O–H groups in total. The number of benzene rings is 10. The van der Waals surface area contributed by atoms with Gasteiger partial charge in [0.15, 0.2) is 5.82 Å². The summed E-state index contributed by atoms with van der Waals surface area (Å²) >= 11 is 0. The fourth-order valence-corrected chi connectivity index (χ4v) is 9.31. The van der Waals surface area contributed by atoms with Gasteiger partial charge in [0.1, 0.15) is 5.82 Å². The minimum Gasteiger partial charge on any atom is -0.294 e. The highest BCUT2D eigenvalue weighted by Crippen LogP contribution is 2.46. The molecule has 0 fully saturated rings. The highest BCUT2D eigenvalue weighted by Gasteiger charge is 2.20. The summed E-state index contributed by atoms with van der Waals surface area (Å²) in [6.07, 6.45) is 0. The van der Waals surface area contributed by atoms with Gasteiger partial charge in [-0.05, 0) is 89.6 Å². The molecule has 59 heavy (non-hydrogen) atoms. The Hall–Kier alpha value is -7.88. The lowest BCUT2D eigenvalue weighted by molar-refractivity contribution is 1.05. The van der Waals surface area contributed by atoms with Crippen LogP contribution in [0.3, 0.4) is 0 Å². The van der Waals surface area contributed by atoms with Gasteiger partial charge >= 0.3 is 0 Å². The second kappa shape index (κ2) is 13.4. The number of fused-ring (bicyclic) bond motifs is 8. The van der Waals surface area contributed by atoms with Gasteiger partial charge in [0, 0.05) is 28.0 Å². The Labute approximate surface area is 341 Å². The van der Waals surface area contributed by atoms with Crippen LogP contribution in [0.25, 0.3) is 116 Å². The van der Waals surface area contributed by atoms with Crippen molar-refractivity contribution >= 4 is 64.9 Å². The van der Waals surface area contributed by atoms with E-state index < -0.39 is 0 Å². The second-order valence-corrected chi connectivity index (χ2v) is 15.3. The molecule has 12 aromatic rings. The Bertz CT molecular complexity index is 3550. The van der Waals surface area contributed by atoms with Crippen LogP contribution in [0, 0.1) is 0 Å². The van der Waals surface area contributed by atoms with Crippen LogP contribution in [0.5, 0.6) is 0 Å². The van der Waals surface area contributed by atoms with Crippen molar-refractivity contribution < 1.29 is 0 Å².